The molecule has 2 heterocycles. The van der Waals surface area contributed by atoms with Gasteiger partial charge in [0.15, 0.2) is 0 Å². The van der Waals surface area contributed by atoms with Crippen LogP contribution in [0.25, 0.3) is 33.6 Å². The monoisotopic (exact) mass is 797 g/mol. The molecule has 0 atom stereocenters. The smallest absolute Gasteiger partial charge is 0.0166 e. The van der Waals surface area contributed by atoms with Crippen molar-refractivity contribution in [1.29, 1.82) is 0 Å². The van der Waals surface area contributed by atoms with Crippen LogP contribution in [0.2, 0.25) is 0 Å². The van der Waals surface area contributed by atoms with Crippen LogP contribution in [-0.4, -0.2) is 9.97 Å². The van der Waals surface area contributed by atoms with Gasteiger partial charge >= 0.3 is 0 Å². The second-order valence-corrected chi connectivity index (χ2v) is 15.9. The predicted molar refractivity (Wildman–Crippen MR) is 193 cm³/mol. The largest absolute Gasteiger partial charge is 0.305 e. The van der Waals surface area contributed by atoms with E-state index in [0.717, 1.165) is 22.5 Å². The van der Waals surface area contributed by atoms with Gasteiger partial charge in [0, 0.05) is 32.5 Å². The summed E-state index contributed by atoms with van der Waals surface area (Å²) in [7, 11) is 0. The van der Waals surface area contributed by atoms with Crippen molar-refractivity contribution in [2.45, 2.75) is 103 Å². The first-order valence-corrected chi connectivity index (χ1v) is 16.8. The summed E-state index contributed by atoms with van der Waals surface area (Å²) < 4.78 is 0. The number of aromatic nitrogens is 2. The summed E-state index contributed by atoms with van der Waals surface area (Å²) in [5.74, 6) is 0. The van der Waals surface area contributed by atoms with Crippen molar-refractivity contribution in [2.24, 2.45) is 0 Å². The Hall–Kier alpha value is -3.39. The van der Waals surface area contributed by atoms with Gasteiger partial charge in [0.25, 0.3) is 0 Å². The third-order valence-electron chi connectivity index (χ3n) is 10.7. The fourth-order valence-corrected chi connectivity index (χ4v) is 7.25. The molecule has 0 spiro atoms. The molecule has 0 saturated heterocycles. The number of benzene rings is 3. The molecular weight excluding hydrogens is 749 g/mol. The maximum atomic E-state index is 4.78. The van der Waals surface area contributed by atoms with Gasteiger partial charge in [-0.15, -0.1) is 70.8 Å². The molecule has 2 nitrogen and oxygen atoms in total. The molecule has 3 aromatic carbocycles. The summed E-state index contributed by atoms with van der Waals surface area (Å²) in [6, 6.07) is 36.5. The normalized spacial score (nSPS) is 18.0. The summed E-state index contributed by atoms with van der Waals surface area (Å²) in [4.78, 5) is 8.99. The molecule has 245 valence electrons. The molecule has 0 N–H and O–H groups in total. The zero-order valence-corrected chi connectivity index (χ0v) is 31.7. The molecule has 2 aliphatic rings. The van der Waals surface area contributed by atoms with Gasteiger partial charge in [0.05, 0.1) is 0 Å². The van der Waals surface area contributed by atoms with Crippen LogP contribution in [0.1, 0.15) is 103 Å². The molecular formula is C44H48IrN2-2. The van der Waals surface area contributed by atoms with Crippen LogP contribution >= 0.6 is 0 Å². The Bertz CT molecular complexity index is 1700. The quantitative estimate of drug-likeness (QED) is 0.170. The number of pyridine rings is 2. The Labute approximate surface area is 296 Å². The number of hydrogen-bond donors (Lipinski definition) is 0. The van der Waals surface area contributed by atoms with Crippen LogP contribution in [0.5, 0.6) is 0 Å². The fourth-order valence-electron chi connectivity index (χ4n) is 7.25. The summed E-state index contributed by atoms with van der Waals surface area (Å²) in [5.41, 5.74) is 13.4. The molecule has 0 amide bonds. The van der Waals surface area contributed by atoms with Crippen LogP contribution < -0.4 is 0 Å². The van der Waals surface area contributed by atoms with Crippen molar-refractivity contribution in [3.8, 4) is 33.6 Å². The number of hydrogen-bond acceptors (Lipinski definition) is 2. The average Bonchev–Trinajstić information content (AvgIpc) is 3.06. The van der Waals surface area contributed by atoms with Gasteiger partial charge in [0.2, 0.25) is 0 Å². The van der Waals surface area contributed by atoms with Crippen molar-refractivity contribution >= 4 is 0 Å². The van der Waals surface area contributed by atoms with E-state index >= 15 is 0 Å². The first-order chi connectivity index (χ1) is 21.8. The number of nitrogens with zero attached hydrogens (tertiary/aromatic N) is 2. The minimum Gasteiger partial charge on any atom is -0.305 e. The molecule has 0 bridgehead atoms. The number of fused-ring (bicyclic) bond motifs is 2. The third kappa shape index (κ3) is 7.23. The van der Waals surface area contributed by atoms with Gasteiger partial charge in [-0.1, -0.05) is 98.2 Å². The Morgan fingerprint density at radius 2 is 1.09 bits per heavy atom. The van der Waals surface area contributed by atoms with E-state index in [4.69, 9.17) is 4.98 Å². The zero-order valence-electron chi connectivity index (χ0n) is 29.3. The second-order valence-electron chi connectivity index (χ2n) is 15.9. The first-order valence-electron chi connectivity index (χ1n) is 16.8. The van der Waals surface area contributed by atoms with Gasteiger partial charge in [-0.3, -0.25) is 0 Å². The van der Waals surface area contributed by atoms with Crippen LogP contribution in [0, 0.1) is 12.1 Å². The van der Waals surface area contributed by atoms with Crippen molar-refractivity contribution in [1.82, 2.24) is 9.97 Å². The first kappa shape index (κ1) is 34.9. The maximum Gasteiger partial charge on any atom is 0.0166 e. The van der Waals surface area contributed by atoms with Gasteiger partial charge < -0.3 is 9.97 Å². The Morgan fingerprint density at radius 1 is 0.489 bits per heavy atom. The van der Waals surface area contributed by atoms with Crippen LogP contribution in [0.15, 0.2) is 97.3 Å². The van der Waals surface area contributed by atoms with Crippen LogP contribution in [-0.2, 0) is 41.8 Å². The molecule has 2 aromatic heterocycles. The molecule has 0 fully saturated rings. The van der Waals surface area contributed by atoms with E-state index in [9.17, 15) is 0 Å². The Morgan fingerprint density at radius 3 is 1.72 bits per heavy atom. The van der Waals surface area contributed by atoms with E-state index in [2.05, 4.69) is 115 Å². The minimum absolute atomic E-state index is 0. The van der Waals surface area contributed by atoms with Crippen molar-refractivity contribution in [3.63, 3.8) is 0 Å². The molecule has 0 unspecified atom stereocenters. The summed E-state index contributed by atoms with van der Waals surface area (Å²) in [6.07, 6.45) is 8.66. The van der Waals surface area contributed by atoms with E-state index in [1.54, 1.807) is 6.20 Å². The molecule has 3 heteroatoms. The van der Waals surface area contributed by atoms with Gasteiger partial charge in [-0.2, -0.15) is 0 Å². The van der Waals surface area contributed by atoms with Gasteiger partial charge in [0.1, 0.15) is 0 Å². The molecule has 0 aliphatic heterocycles. The summed E-state index contributed by atoms with van der Waals surface area (Å²) in [6.45, 7) is 19.1. The minimum atomic E-state index is 0. The average molecular weight is 797 g/mol. The van der Waals surface area contributed by atoms with Crippen molar-refractivity contribution < 1.29 is 20.1 Å². The predicted octanol–water partition coefficient (Wildman–Crippen LogP) is 11.5. The van der Waals surface area contributed by atoms with E-state index in [1.807, 2.05) is 48.7 Å². The summed E-state index contributed by atoms with van der Waals surface area (Å²) >= 11 is 0. The molecule has 2 aliphatic carbocycles. The van der Waals surface area contributed by atoms with Gasteiger partial charge in [-0.05, 0) is 86.7 Å². The zero-order chi connectivity index (χ0) is 32.7. The third-order valence-corrected chi connectivity index (χ3v) is 10.7. The van der Waals surface area contributed by atoms with E-state index in [-0.39, 0.29) is 41.8 Å². The Balaban J connectivity index is 0.000000280. The molecule has 1 radical (unpaired) electrons. The van der Waals surface area contributed by atoms with Crippen molar-refractivity contribution in [3.05, 3.63) is 132 Å². The van der Waals surface area contributed by atoms with Crippen LogP contribution in [0.4, 0.5) is 0 Å². The van der Waals surface area contributed by atoms with Crippen molar-refractivity contribution in [2.75, 3.05) is 0 Å². The number of rotatable bonds is 3. The van der Waals surface area contributed by atoms with E-state index in [0.29, 0.717) is 0 Å². The molecule has 47 heavy (non-hydrogen) atoms. The molecule has 7 rings (SSSR count). The second kappa shape index (κ2) is 13.3. The standard InChI is InChI=1S/C33H40N.C11H8N.Ir/c1-30(2)14-16-32(5,6)27-19-22(9-11-25(27)30)23-13-18-34-29(21-23)24-10-12-26-28(20-24)33(7,8)17-15-31(26,3)4;1-2-6-10(7-3-1)11-8-4-5-9-12-11;/h9,11-13,18-21H,14-17H2,1-8H3;1-6,8-9H;/q2*-1;. The molecule has 5 aromatic rings. The van der Waals surface area contributed by atoms with E-state index in [1.165, 1.54) is 59.1 Å². The van der Waals surface area contributed by atoms with E-state index < -0.39 is 0 Å². The van der Waals surface area contributed by atoms with Gasteiger partial charge in [-0.25, -0.2) is 0 Å². The topological polar surface area (TPSA) is 25.8 Å². The molecule has 0 saturated carbocycles. The SMILES string of the molecule is CC1(C)CCC(C)(C)c2cc(-c3cc(-c4ccc5c(c4)C(C)(C)CCC5(C)C)ccn3)[c-]cc21.[Ir].[c-]1ccccc1-c1ccccn1. The van der Waals surface area contributed by atoms with Crippen LogP contribution in [0.3, 0.4) is 0 Å². The Kier molecular flexibility index (Phi) is 9.85. The fraction of sp³-hybridized carbons (Fsp3) is 0.364. The summed E-state index contributed by atoms with van der Waals surface area (Å²) in [5, 5.41) is 0. The maximum absolute atomic E-state index is 4.78.